The smallest absolute Gasteiger partial charge is 0.304 e. The molecule has 0 amide bonds. The second-order valence-corrected chi connectivity index (χ2v) is 9.67. The van der Waals surface area contributed by atoms with Crippen LogP contribution in [0.2, 0.25) is 0 Å². The summed E-state index contributed by atoms with van der Waals surface area (Å²) in [5.41, 5.74) is 4.12. The number of aryl methyl sites for hydroxylation is 1. The van der Waals surface area contributed by atoms with E-state index in [-0.39, 0.29) is 24.9 Å². The molecule has 1 aliphatic carbocycles. The van der Waals surface area contributed by atoms with E-state index in [0.29, 0.717) is 30.9 Å². The molecule has 2 aliphatic heterocycles. The molecule has 7 nitrogen and oxygen atoms in total. The van der Waals surface area contributed by atoms with E-state index >= 15 is 0 Å². The first kappa shape index (κ1) is 22.6. The lowest BCUT2D eigenvalue weighted by molar-refractivity contribution is -0.137. The zero-order valence-electron chi connectivity index (χ0n) is 19.8. The van der Waals surface area contributed by atoms with Gasteiger partial charge >= 0.3 is 5.97 Å². The molecule has 2 N–H and O–H groups in total. The van der Waals surface area contributed by atoms with Gasteiger partial charge in [-0.05, 0) is 72.7 Å². The van der Waals surface area contributed by atoms with Crippen LogP contribution in [0.25, 0.3) is 0 Å². The maximum Gasteiger partial charge on any atom is 0.304 e. The van der Waals surface area contributed by atoms with Gasteiger partial charge in [0.15, 0.2) is 23.1 Å². The van der Waals surface area contributed by atoms with Gasteiger partial charge in [0.1, 0.15) is 0 Å². The third kappa shape index (κ3) is 4.21. The van der Waals surface area contributed by atoms with Gasteiger partial charge in [-0.1, -0.05) is 12.1 Å². The van der Waals surface area contributed by atoms with Crippen LogP contribution in [0.5, 0.6) is 17.2 Å². The first-order chi connectivity index (χ1) is 17.5. The van der Waals surface area contributed by atoms with Gasteiger partial charge in [0.2, 0.25) is 6.79 Å². The average Bonchev–Trinajstić information content (AvgIpc) is 3.39. The SMILES string of the molecule is O=C(O)CC1(c2ccc3c(c2)OCO3)CC1c1ccc(OCCc2ccc3c(n2)CCCN3)c(F)c1. The summed E-state index contributed by atoms with van der Waals surface area (Å²) in [4.78, 5) is 16.4. The number of carboxylic acids is 1. The Balaban J connectivity index is 1.14. The lowest BCUT2D eigenvalue weighted by Crippen LogP contribution is -2.15. The quantitative estimate of drug-likeness (QED) is 0.468. The van der Waals surface area contributed by atoms with E-state index in [0.717, 1.165) is 47.6 Å². The van der Waals surface area contributed by atoms with E-state index in [9.17, 15) is 14.3 Å². The molecule has 2 aromatic carbocycles. The number of benzene rings is 2. The zero-order valence-corrected chi connectivity index (χ0v) is 19.8. The largest absolute Gasteiger partial charge is 0.490 e. The van der Waals surface area contributed by atoms with E-state index in [1.54, 1.807) is 6.07 Å². The van der Waals surface area contributed by atoms with Crippen molar-refractivity contribution in [3.8, 4) is 17.2 Å². The van der Waals surface area contributed by atoms with Crippen molar-refractivity contribution in [2.75, 3.05) is 25.3 Å². The molecule has 8 heteroatoms. The highest BCUT2D eigenvalue weighted by Crippen LogP contribution is 2.63. The molecule has 1 fully saturated rings. The van der Waals surface area contributed by atoms with Gasteiger partial charge in [0.25, 0.3) is 0 Å². The van der Waals surface area contributed by atoms with Gasteiger partial charge in [-0.25, -0.2) is 4.39 Å². The number of anilines is 1. The van der Waals surface area contributed by atoms with Crippen LogP contribution in [0.4, 0.5) is 10.1 Å². The Morgan fingerprint density at radius 2 is 2.06 bits per heavy atom. The van der Waals surface area contributed by atoms with Gasteiger partial charge in [0.05, 0.1) is 24.4 Å². The maximum absolute atomic E-state index is 15.0. The van der Waals surface area contributed by atoms with Crippen molar-refractivity contribution in [2.45, 2.75) is 43.4 Å². The fourth-order valence-corrected chi connectivity index (χ4v) is 5.47. The zero-order chi connectivity index (χ0) is 24.7. The number of hydrogen-bond acceptors (Lipinski definition) is 6. The van der Waals surface area contributed by atoms with Gasteiger partial charge in [0, 0.05) is 24.1 Å². The Bertz CT molecular complexity index is 1330. The monoisotopic (exact) mass is 490 g/mol. The summed E-state index contributed by atoms with van der Waals surface area (Å²) in [6.07, 6.45) is 3.20. The van der Waals surface area contributed by atoms with Crippen molar-refractivity contribution >= 4 is 11.7 Å². The van der Waals surface area contributed by atoms with Crippen LogP contribution in [0.15, 0.2) is 48.5 Å². The number of aliphatic carboxylic acids is 1. The fourth-order valence-electron chi connectivity index (χ4n) is 5.47. The van der Waals surface area contributed by atoms with Crippen molar-refractivity contribution < 1.29 is 28.5 Å². The molecule has 36 heavy (non-hydrogen) atoms. The standard InChI is InChI=1S/C28H27FN2O5/c29-21-12-17(3-7-24(21)34-11-9-19-5-6-22-23(31-19)2-1-10-30-22)20-14-28(20,15-27(32)33)18-4-8-25-26(13-18)36-16-35-25/h3-8,12-13,20,30H,1-2,9-11,14-16H2,(H,32,33). The first-order valence-corrected chi connectivity index (χ1v) is 12.3. The van der Waals surface area contributed by atoms with Crippen LogP contribution in [-0.2, 0) is 23.1 Å². The van der Waals surface area contributed by atoms with Crippen LogP contribution >= 0.6 is 0 Å². The number of nitrogens with zero attached hydrogens (tertiary/aromatic N) is 1. The van der Waals surface area contributed by atoms with E-state index in [1.807, 2.05) is 36.4 Å². The summed E-state index contributed by atoms with van der Waals surface area (Å²) >= 11 is 0. The second-order valence-electron chi connectivity index (χ2n) is 9.67. The van der Waals surface area contributed by atoms with E-state index in [4.69, 9.17) is 19.2 Å². The molecule has 1 aromatic heterocycles. The predicted octanol–water partition coefficient (Wildman–Crippen LogP) is 4.83. The Morgan fingerprint density at radius 1 is 1.17 bits per heavy atom. The maximum atomic E-state index is 15.0. The summed E-state index contributed by atoms with van der Waals surface area (Å²) in [6.45, 7) is 1.45. The van der Waals surface area contributed by atoms with Crippen molar-refractivity contribution in [3.05, 3.63) is 76.9 Å². The highest BCUT2D eigenvalue weighted by atomic mass is 19.1. The van der Waals surface area contributed by atoms with Gasteiger partial charge in [-0.15, -0.1) is 0 Å². The normalized spacial score (nSPS) is 21.4. The third-order valence-corrected chi connectivity index (χ3v) is 7.40. The van der Waals surface area contributed by atoms with Crippen molar-refractivity contribution in [1.82, 2.24) is 4.98 Å². The molecule has 3 aliphatic rings. The van der Waals surface area contributed by atoms with Crippen molar-refractivity contribution in [1.29, 1.82) is 0 Å². The van der Waals surface area contributed by atoms with E-state index < -0.39 is 17.2 Å². The third-order valence-electron chi connectivity index (χ3n) is 7.40. The molecule has 6 rings (SSSR count). The fraction of sp³-hybridized carbons (Fsp3) is 0.357. The van der Waals surface area contributed by atoms with Crippen molar-refractivity contribution in [3.63, 3.8) is 0 Å². The van der Waals surface area contributed by atoms with Crippen LogP contribution < -0.4 is 19.5 Å². The van der Waals surface area contributed by atoms with E-state index in [2.05, 4.69) is 5.32 Å². The number of carbonyl (C=O) groups is 1. The summed E-state index contributed by atoms with van der Waals surface area (Å²) < 4.78 is 31.6. The minimum Gasteiger partial charge on any atom is -0.490 e. The first-order valence-electron chi connectivity index (χ1n) is 12.3. The molecule has 2 unspecified atom stereocenters. The van der Waals surface area contributed by atoms with Crippen LogP contribution in [0.3, 0.4) is 0 Å². The molecule has 0 bridgehead atoms. The van der Waals surface area contributed by atoms with Crippen LogP contribution in [-0.4, -0.2) is 36.0 Å². The lowest BCUT2D eigenvalue weighted by Gasteiger charge is -2.18. The minimum atomic E-state index is -0.887. The summed E-state index contributed by atoms with van der Waals surface area (Å²) in [5, 5.41) is 13.0. The molecule has 186 valence electrons. The Hall–Kier alpha value is -3.81. The van der Waals surface area contributed by atoms with E-state index in [1.165, 1.54) is 6.07 Å². The average molecular weight is 491 g/mol. The molecular weight excluding hydrogens is 463 g/mol. The minimum absolute atomic E-state index is 0.0412. The van der Waals surface area contributed by atoms with Gasteiger partial charge in [-0.2, -0.15) is 0 Å². The number of fused-ring (bicyclic) bond motifs is 2. The molecule has 2 atom stereocenters. The van der Waals surface area contributed by atoms with Crippen molar-refractivity contribution in [2.24, 2.45) is 0 Å². The number of halogens is 1. The number of pyridine rings is 1. The topological polar surface area (TPSA) is 89.9 Å². The molecule has 3 aromatic rings. The highest BCUT2D eigenvalue weighted by Gasteiger charge is 2.57. The molecule has 0 spiro atoms. The molecule has 1 saturated carbocycles. The highest BCUT2D eigenvalue weighted by molar-refractivity contribution is 5.71. The van der Waals surface area contributed by atoms with Gasteiger partial charge in [-0.3, -0.25) is 9.78 Å². The molecular formula is C28H27FN2O5. The Morgan fingerprint density at radius 3 is 2.92 bits per heavy atom. The molecule has 0 radical (unpaired) electrons. The summed E-state index contributed by atoms with van der Waals surface area (Å²) in [5.74, 6) is 0.00888. The predicted molar refractivity (Wildman–Crippen MR) is 131 cm³/mol. The Labute approximate surface area is 208 Å². The number of ether oxygens (including phenoxy) is 3. The lowest BCUT2D eigenvalue weighted by atomic mass is 9.87. The summed E-state index contributed by atoms with van der Waals surface area (Å²) in [7, 11) is 0. The number of rotatable bonds is 8. The summed E-state index contributed by atoms with van der Waals surface area (Å²) in [6, 6.07) is 14.5. The number of nitrogens with one attached hydrogen (secondary N) is 1. The Kier molecular flexibility index (Phi) is 5.66. The number of aromatic nitrogens is 1. The van der Waals surface area contributed by atoms with Crippen LogP contribution in [0.1, 0.15) is 47.7 Å². The molecule has 3 heterocycles. The van der Waals surface area contributed by atoms with Gasteiger partial charge < -0.3 is 24.6 Å². The number of hydrogen-bond donors (Lipinski definition) is 2. The second kappa shape index (κ2) is 9.00. The van der Waals surface area contributed by atoms with Crippen LogP contribution in [0, 0.1) is 5.82 Å². The number of carboxylic acid groups (broad SMARTS) is 1. The molecule has 0 saturated heterocycles.